The van der Waals surface area contributed by atoms with Crippen molar-refractivity contribution in [2.24, 2.45) is 5.92 Å². The average molecular weight is 336 g/mol. The van der Waals surface area contributed by atoms with Gasteiger partial charge in [-0.25, -0.2) is 0 Å². The molecule has 1 N–H and O–H groups in total. The number of hydrogen-bond acceptors (Lipinski definition) is 2. The van der Waals surface area contributed by atoms with Gasteiger partial charge in [0.2, 0.25) is 5.91 Å². The van der Waals surface area contributed by atoms with E-state index in [0.717, 1.165) is 17.7 Å². The Hall–Kier alpha value is -2.62. The summed E-state index contributed by atoms with van der Waals surface area (Å²) in [6.45, 7) is 6.49. The highest BCUT2D eigenvalue weighted by Crippen LogP contribution is 2.28. The number of nitrogens with zero attached hydrogens (tertiary/aromatic N) is 1. The van der Waals surface area contributed by atoms with Gasteiger partial charge in [-0.3, -0.25) is 9.59 Å². The van der Waals surface area contributed by atoms with Crippen molar-refractivity contribution >= 4 is 17.5 Å². The van der Waals surface area contributed by atoms with Crippen molar-refractivity contribution in [2.75, 3.05) is 11.4 Å². The van der Waals surface area contributed by atoms with Crippen LogP contribution in [0.25, 0.3) is 0 Å². The maximum atomic E-state index is 13.1. The van der Waals surface area contributed by atoms with Crippen LogP contribution in [0.1, 0.15) is 35.3 Å². The first kappa shape index (κ1) is 17.2. The van der Waals surface area contributed by atoms with Crippen molar-refractivity contribution in [3.63, 3.8) is 0 Å². The van der Waals surface area contributed by atoms with Gasteiger partial charge >= 0.3 is 0 Å². The first-order valence-corrected chi connectivity index (χ1v) is 8.75. The summed E-state index contributed by atoms with van der Waals surface area (Å²) in [6.07, 6.45) is 0.860. The molecule has 0 radical (unpaired) electrons. The fourth-order valence-corrected chi connectivity index (χ4v) is 3.30. The van der Waals surface area contributed by atoms with E-state index in [-0.39, 0.29) is 17.7 Å². The first-order chi connectivity index (χ1) is 12.0. The van der Waals surface area contributed by atoms with E-state index in [4.69, 9.17) is 0 Å². The maximum absolute atomic E-state index is 13.1. The van der Waals surface area contributed by atoms with E-state index < -0.39 is 6.04 Å². The molecule has 0 aliphatic carbocycles. The Morgan fingerprint density at radius 2 is 1.72 bits per heavy atom. The molecule has 2 aromatic rings. The highest BCUT2D eigenvalue weighted by molar-refractivity contribution is 6.03. The number of anilines is 1. The van der Waals surface area contributed by atoms with Crippen LogP contribution in [0, 0.1) is 12.8 Å². The zero-order valence-corrected chi connectivity index (χ0v) is 15.0. The number of rotatable bonds is 4. The van der Waals surface area contributed by atoms with Crippen molar-refractivity contribution in [3.05, 3.63) is 65.2 Å². The number of benzene rings is 2. The van der Waals surface area contributed by atoms with Gasteiger partial charge < -0.3 is 10.2 Å². The minimum Gasteiger partial charge on any atom is -0.340 e. The van der Waals surface area contributed by atoms with Crippen molar-refractivity contribution in [1.82, 2.24) is 5.32 Å². The number of nitrogens with one attached hydrogen (secondary N) is 1. The highest BCUT2D eigenvalue weighted by atomic mass is 16.2. The van der Waals surface area contributed by atoms with Gasteiger partial charge in [-0.1, -0.05) is 50.2 Å². The second-order valence-electron chi connectivity index (χ2n) is 6.88. The Morgan fingerprint density at radius 3 is 2.44 bits per heavy atom. The number of carbonyl (C=O) groups excluding carboxylic acids is 2. The third kappa shape index (κ3) is 3.43. The lowest BCUT2D eigenvalue weighted by Gasteiger charge is -2.27. The molecule has 1 unspecified atom stereocenters. The summed E-state index contributed by atoms with van der Waals surface area (Å²) in [4.78, 5) is 27.6. The second-order valence-corrected chi connectivity index (χ2v) is 6.88. The summed E-state index contributed by atoms with van der Waals surface area (Å²) in [7, 11) is 0. The van der Waals surface area contributed by atoms with Crippen LogP contribution in [0.5, 0.6) is 0 Å². The molecule has 0 saturated heterocycles. The minimum atomic E-state index is -0.543. The first-order valence-electron chi connectivity index (χ1n) is 8.75. The minimum absolute atomic E-state index is 0.00762. The monoisotopic (exact) mass is 336 g/mol. The predicted molar refractivity (Wildman–Crippen MR) is 99.8 cm³/mol. The molecule has 130 valence electrons. The molecule has 1 atom stereocenters. The van der Waals surface area contributed by atoms with Crippen molar-refractivity contribution < 1.29 is 9.59 Å². The Labute approximate surface area is 148 Å². The molecule has 25 heavy (non-hydrogen) atoms. The van der Waals surface area contributed by atoms with Crippen LogP contribution in [0.2, 0.25) is 0 Å². The van der Waals surface area contributed by atoms with Gasteiger partial charge in [-0.05, 0) is 42.5 Å². The van der Waals surface area contributed by atoms with Crippen LogP contribution < -0.4 is 10.2 Å². The van der Waals surface area contributed by atoms with Gasteiger partial charge in [0.25, 0.3) is 5.91 Å². The van der Waals surface area contributed by atoms with E-state index in [2.05, 4.69) is 11.4 Å². The average Bonchev–Trinajstić information content (AvgIpc) is 3.03. The van der Waals surface area contributed by atoms with E-state index in [1.54, 1.807) is 11.0 Å². The van der Waals surface area contributed by atoms with E-state index in [0.29, 0.717) is 12.1 Å². The summed E-state index contributed by atoms with van der Waals surface area (Å²) in [5.41, 5.74) is 3.66. The molecule has 0 aromatic heterocycles. The molecular formula is C21H24N2O2. The van der Waals surface area contributed by atoms with Crippen LogP contribution in [-0.2, 0) is 11.2 Å². The molecule has 4 heteroatoms. The third-order valence-electron chi connectivity index (χ3n) is 4.76. The molecule has 3 rings (SSSR count). The molecule has 4 nitrogen and oxygen atoms in total. The standard InChI is InChI=1S/C21H24N2O2/c1-14(2)19(22-20(24)17-10-6-4-8-15(17)3)21(25)23-13-12-16-9-5-7-11-18(16)23/h4-11,14,19H,12-13H2,1-3H3,(H,22,24). The van der Waals surface area contributed by atoms with Crippen molar-refractivity contribution in [1.29, 1.82) is 0 Å². The lowest BCUT2D eigenvalue weighted by atomic mass is 10.0. The number of amides is 2. The van der Waals surface area contributed by atoms with Crippen molar-refractivity contribution in [3.8, 4) is 0 Å². The fourth-order valence-electron chi connectivity index (χ4n) is 3.30. The molecule has 2 aromatic carbocycles. The van der Waals surface area contributed by atoms with E-state index in [1.807, 2.05) is 57.2 Å². The molecule has 1 aliphatic heterocycles. The van der Waals surface area contributed by atoms with Crippen LogP contribution >= 0.6 is 0 Å². The van der Waals surface area contributed by atoms with Crippen LogP contribution in [0.4, 0.5) is 5.69 Å². The zero-order valence-electron chi connectivity index (χ0n) is 15.0. The lowest BCUT2D eigenvalue weighted by molar-refractivity contribution is -0.121. The molecule has 0 bridgehead atoms. The zero-order chi connectivity index (χ0) is 18.0. The molecular weight excluding hydrogens is 312 g/mol. The number of fused-ring (bicyclic) bond motifs is 1. The molecule has 0 fully saturated rings. The molecule has 2 amide bonds. The third-order valence-corrected chi connectivity index (χ3v) is 4.76. The summed E-state index contributed by atoms with van der Waals surface area (Å²) in [5, 5.41) is 2.95. The Balaban J connectivity index is 1.81. The SMILES string of the molecule is Cc1ccccc1C(=O)NC(C(=O)N1CCc2ccccc21)C(C)C. The van der Waals surface area contributed by atoms with E-state index in [9.17, 15) is 9.59 Å². The van der Waals surface area contributed by atoms with Gasteiger partial charge in [0.15, 0.2) is 0 Å². The largest absolute Gasteiger partial charge is 0.340 e. The van der Waals surface area contributed by atoms with Gasteiger partial charge in [-0.15, -0.1) is 0 Å². The van der Waals surface area contributed by atoms with Gasteiger partial charge in [-0.2, -0.15) is 0 Å². The molecule has 1 aliphatic rings. The smallest absolute Gasteiger partial charge is 0.252 e. The van der Waals surface area contributed by atoms with Crippen LogP contribution in [0.15, 0.2) is 48.5 Å². The van der Waals surface area contributed by atoms with Crippen molar-refractivity contribution in [2.45, 2.75) is 33.2 Å². The maximum Gasteiger partial charge on any atom is 0.252 e. The summed E-state index contributed by atoms with van der Waals surface area (Å²) in [6, 6.07) is 14.9. The normalized spacial score (nSPS) is 14.3. The van der Waals surface area contributed by atoms with Gasteiger partial charge in [0.05, 0.1) is 0 Å². The number of hydrogen-bond donors (Lipinski definition) is 1. The van der Waals surface area contributed by atoms with Crippen LogP contribution in [0.3, 0.4) is 0 Å². The Bertz CT molecular complexity index is 798. The number of aryl methyl sites for hydroxylation is 1. The highest BCUT2D eigenvalue weighted by Gasteiger charge is 2.33. The summed E-state index contributed by atoms with van der Waals surface area (Å²) >= 11 is 0. The topological polar surface area (TPSA) is 49.4 Å². The number of carbonyl (C=O) groups is 2. The summed E-state index contributed by atoms with van der Waals surface area (Å²) in [5.74, 6) is -0.229. The Kier molecular flexibility index (Phi) is 4.88. The van der Waals surface area contributed by atoms with Gasteiger partial charge in [0, 0.05) is 17.8 Å². The molecule has 0 saturated carbocycles. The van der Waals surface area contributed by atoms with Gasteiger partial charge in [0.1, 0.15) is 6.04 Å². The number of para-hydroxylation sites is 1. The van der Waals surface area contributed by atoms with Crippen LogP contribution in [-0.4, -0.2) is 24.4 Å². The predicted octanol–water partition coefficient (Wildman–Crippen LogP) is 3.34. The molecule has 1 heterocycles. The summed E-state index contributed by atoms with van der Waals surface area (Å²) < 4.78 is 0. The fraction of sp³-hybridized carbons (Fsp3) is 0.333. The molecule has 0 spiro atoms. The van der Waals surface area contributed by atoms with E-state index >= 15 is 0 Å². The Morgan fingerprint density at radius 1 is 1.04 bits per heavy atom. The lowest BCUT2D eigenvalue weighted by Crippen LogP contribution is -2.51. The second kappa shape index (κ2) is 7.09. The van der Waals surface area contributed by atoms with E-state index in [1.165, 1.54) is 5.56 Å². The quantitative estimate of drug-likeness (QED) is 0.931.